The highest BCUT2D eigenvalue weighted by Gasteiger charge is 2.35. The summed E-state index contributed by atoms with van der Waals surface area (Å²) < 4.78 is 15.6. The van der Waals surface area contributed by atoms with Crippen LogP contribution < -0.4 is 14.8 Å². The Kier molecular flexibility index (Phi) is 6.96. The van der Waals surface area contributed by atoms with Gasteiger partial charge in [0.1, 0.15) is 22.1 Å². The molecule has 1 aromatic carbocycles. The smallest absolute Gasteiger partial charge is 0.341 e. The van der Waals surface area contributed by atoms with Gasteiger partial charge in [-0.1, -0.05) is 12.2 Å². The van der Waals surface area contributed by atoms with Crippen molar-refractivity contribution in [2.75, 3.05) is 26.6 Å². The predicted molar refractivity (Wildman–Crippen MR) is 116 cm³/mol. The summed E-state index contributed by atoms with van der Waals surface area (Å²) in [7, 11) is 4.30. The third-order valence-electron chi connectivity index (χ3n) is 5.20. The Morgan fingerprint density at radius 3 is 2.35 bits per heavy atom. The van der Waals surface area contributed by atoms with Crippen LogP contribution in [0.5, 0.6) is 11.5 Å². The number of benzene rings is 1. The lowest BCUT2D eigenvalue weighted by Gasteiger charge is -2.24. The van der Waals surface area contributed by atoms with Crippen molar-refractivity contribution < 1.29 is 33.7 Å². The number of carboxylic acid groups (broad SMARTS) is 1. The fourth-order valence-electron chi connectivity index (χ4n) is 3.56. The van der Waals surface area contributed by atoms with Crippen molar-refractivity contribution in [1.82, 2.24) is 0 Å². The molecule has 1 aliphatic rings. The first-order valence-corrected chi connectivity index (χ1v) is 10.4. The highest BCUT2D eigenvalue weighted by atomic mass is 32.1. The SMILES string of the molecule is COC(=O)c1c(-c2ccc(OC)cc2OC)csc1NC(=O)[C@H]1CC=CC[C@@H]1C(=O)O. The van der Waals surface area contributed by atoms with Crippen molar-refractivity contribution in [2.24, 2.45) is 11.8 Å². The van der Waals surface area contributed by atoms with E-state index in [1.54, 1.807) is 35.7 Å². The molecule has 164 valence electrons. The quantitative estimate of drug-likeness (QED) is 0.492. The molecule has 2 atom stereocenters. The molecule has 1 heterocycles. The molecule has 0 unspecified atom stereocenters. The summed E-state index contributed by atoms with van der Waals surface area (Å²) in [6.45, 7) is 0. The molecular formula is C22H23NO7S. The molecule has 0 fully saturated rings. The molecule has 0 saturated carbocycles. The number of carbonyl (C=O) groups excluding carboxylic acids is 2. The number of hydrogen-bond acceptors (Lipinski definition) is 7. The summed E-state index contributed by atoms with van der Waals surface area (Å²) >= 11 is 1.16. The molecule has 0 spiro atoms. The molecule has 31 heavy (non-hydrogen) atoms. The van der Waals surface area contributed by atoms with Crippen LogP contribution in [-0.2, 0) is 14.3 Å². The fraction of sp³-hybridized carbons (Fsp3) is 0.318. The first kappa shape index (κ1) is 22.4. The van der Waals surface area contributed by atoms with Crippen LogP contribution in [0.1, 0.15) is 23.2 Å². The molecule has 9 heteroatoms. The van der Waals surface area contributed by atoms with Gasteiger partial charge in [-0.25, -0.2) is 4.79 Å². The largest absolute Gasteiger partial charge is 0.497 e. The maximum absolute atomic E-state index is 12.9. The molecule has 3 rings (SSSR count). The highest BCUT2D eigenvalue weighted by molar-refractivity contribution is 7.15. The van der Waals surface area contributed by atoms with Crippen molar-refractivity contribution in [3.05, 3.63) is 41.3 Å². The molecule has 2 aromatic rings. The Hall–Kier alpha value is -3.33. The average Bonchev–Trinajstić information content (AvgIpc) is 3.20. The number of allylic oxidation sites excluding steroid dienone is 2. The minimum absolute atomic E-state index is 0.183. The number of amides is 1. The van der Waals surface area contributed by atoms with Gasteiger partial charge in [0.2, 0.25) is 5.91 Å². The van der Waals surface area contributed by atoms with Gasteiger partial charge >= 0.3 is 11.9 Å². The maximum Gasteiger partial charge on any atom is 0.341 e. The van der Waals surface area contributed by atoms with Gasteiger partial charge in [-0.2, -0.15) is 0 Å². The standard InChI is InChI=1S/C22H23NO7S/c1-28-12-8-9-13(17(10-12)29-2)16-11-31-20(18(16)22(27)30-3)23-19(24)14-6-4-5-7-15(14)21(25)26/h4-5,8-11,14-15H,6-7H2,1-3H3,(H,23,24)(H,25,26)/t14-,15-/m0/s1. The van der Waals surface area contributed by atoms with Crippen molar-refractivity contribution in [2.45, 2.75) is 12.8 Å². The number of aliphatic carboxylic acids is 1. The highest BCUT2D eigenvalue weighted by Crippen LogP contribution is 2.42. The summed E-state index contributed by atoms with van der Waals surface area (Å²) in [6, 6.07) is 5.18. The van der Waals surface area contributed by atoms with E-state index in [0.29, 0.717) is 34.0 Å². The molecule has 0 radical (unpaired) electrons. The van der Waals surface area contributed by atoms with E-state index >= 15 is 0 Å². The van der Waals surface area contributed by atoms with Crippen LogP contribution in [0.2, 0.25) is 0 Å². The van der Waals surface area contributed by atoms with Crippen molar-refractivity contribution >= 4 is 34.2 Å². The summed E-state index contributed by atoms with van der Waals surface area (Å²) in [4.78, 5) is 37.1. The topological polar surface area (TPSA) is 111 Å². The van der Waals surface area contributed by atoms with Crippen molar-refractivity contribution in [3.8, 4) is 22.6 Å². The molecule has 0 aliphatic heterocycles. The van der Waals surface area contributed by atoms with Gasteiger partial charge in [0, 0.05) is 22.6 Å². The van der Waals surface area contributed by atoms with E-state index in [4.69, 9.17) is 14.2 Å². The van der Waals surface area contributed by atoms with Crippen molar-refractivity contribution in [3.63, 3.8) is 0 Å². The van der Waals surface area contributed by atoms with Gasteiger partial charge < -0.3 is 24.6 Å². The number of rotatable bonds is 7. The third kappa shape index (κ3) is 4.56. The second kappa shape index (κ2) is 9.65. The van der Waals surface area contributed by atoms with E-state index in [-0.39, 0.29) is 12.0 Å². The number of ether oxygens (including phenoxy) is 3. The van der Waals surface area contributed by atoms with E-state index in [1.165, 1.54) is 21.3 Å². The molecule has 8 nitrogen and oxygen atoms in total. The fourth-order valence-corrected chi connectivity index (χ4v) is 4.51. The van der Waals surface area contributed by atoms with Gasteiger partial charge in [0.05, 0.1) is 33.2 Å². The number of methoxy groups -OCH3 is 3. The molecule has 1 aliphatic carbocycles. The second-order valence-corrected chi connectivity index (χ2v) is 7.77. The average molecular weight is 445 g/mol. The van der Waals surface area contributed by atoms with Crippen LogP contribution in [0.25, 0.3) is 11.1 Å². The number of carbonyl (C=O) groups is 3. The van der Waals surface area contributed by atoms with Crippen LogP contribution in [0.4, 0.5) is 5.00 Å². The Labute approximate surface area is 183 Å². The second-order valence-electron chi connectivity index (χ2n) is 6.89. The summed E-state index contributed by atoms with van der Waals surface area (Å²) in [5, 5.41) is 14.2. The Morgan fingerprint density at radius 2 is 1.74 bits per heavy atom. The monoisotopic (exact) mass is 445 g/mol. The number of carboxylic acids is 1. The first-order valence-electron chi connectivity index (χ1n) is 9.52. The number of nitrogens with one attached hydrogen (secondary N) is 1. The minimum atomic E-state index is -1.02. The maximum atomic E-state index is 12.9. The van der Waals surface area contributed by atoms with Crippen LogP contribution in [0.3, 0.4) is 0 Å². The van der Waals surface area contributed by atoms with Gasteiger partial charge in [-0.05, 0) is 25.0 Å². The zero-order chi connectivity index (χ0) is 22.5. The van der Waals surface area contributed by atoms with Gasteiger partial charge in [-0.15, -0.1) is 11.3 Å². The number of thiophene rings is 1. The number of hydrogen-bond donors (Lipinski definition) is 2. The summed E-state index contributed by atoms with van der Waals surface area (Å²) in [6.07, 6.45) is 4.17. The van der Waals surface area contributed by atoms with Crippen LogP contribution in [0, 0.1) is 11.8 Å². The number of esters is 1. The van der Waals surface area contributed by atoms with E-state index in [9.17, 15) is 19.5 Å². The molecule has 1 amide bonds. The Bertz CT molecular complexity index is 1030. The Balaban J connectivity index is 1.99. The first-order chi connectivity index (χ1) is 14.9. The zero-order valence-corrected chi connectivity index (χ0v) is 18.2. The van der Waals surface area contributed by atoms with E-state index in [0.717, 1.165) is 11.3 Å². The van der Waals surface area contributed by atoms with Gasteiger partial charge in [0.25, 0.3) is 0 Å². The lowest BCUT2D eigenvalue weighted by Crippen LogP contribution is -2.34. The summed E-state index contributed by atoms with van der Waals surface area (Å²) in [5.41, 5.74) is 1.34. The zero-order valence-electron chi connectivity index (χ0n) is 17.3. The van der Waals surface area contributed by atoms with Gasteiger partial charge in [0.15, 0.2) is 0 Å². The molecule has 0 saturated heterocycles. The Morgan fingerprint density at radius 1 is 1.03 bits per heavy atom. The number of anilines is 1. The van der Waals surface area contributed by atoms with Crippen LogP contribution in [0.15, 0.2) is 35.7 Å². The van der Waals surface area contributed by atoms with E-state index in [1.807, 2.05) is 0 Å². The van der Waals surface area contributed by atoms with Gasteiger partial charge in [-0.3, -0.25) is 9.59 Å². The molecule has 1 aromatic heterocycles. The molecular weight excluding hydrogens is 422 g/mol. The summed E-state index contributed by atoms with van der Waals surface area (Å²) in [5.74, 6) is -2.55. The third-order valence-corrected chi connectivity index (χ3v) is 6.10. The van der Waals surface area contributed by atoms with Crippen LogP contribution >= 0.6 is 11.3 Å². The lowest BCUT2D eigenvalue weighted by molar-refractivity contribution is -0.146. The van der Waals surface area contributed by atoms with Crippen LogP contribution in [-0.4, -0.2) is 44.3 Å². The predicted octanol–water partition coefficient (Wildman–Crippen LogP) is 3.82. The van der Waals surface area contributed by atoms with Crippen molar-refractivity contribution in [1.29, 1.82) is 0 Å². The van der Waals surface area contributed by atoms with E-state index < -0.39 is 29.7 Å². The lowest BCUT2D eigenvalue weighted by atomic mass is 9.82. The molecule has 2 N–H and O–H groups in total. The molecule has 0 bridgehead atoms. The van der Waals surface area contributed by atoms with E-state index in [2.05, 4.69) is 5.32 Å². The normalized spacial score (nSPS) is 17.6. The minimum Gasteiger partial charge on any atom is -0.497 e.